The van der Waals surface area contributed by atoms with Crippen molar-refractivity contribution >= 4 is 11.6 Å². The van der Waals surface area contributed by atoms with Gasteiger partial charge in [0, 0.05) is 18.7 Å². The lowest BCUT2D eigenvalue weighted by Gasteiger charge is -2.23. The molecule has 0 aliphatic carbocycles. The van der Waals surface area contributed by atoms with Crippen molar-refractivity contribution in [2.24, 2.45) is 0 Å². The third-order valence-electron chi connectivity index (χ3n) is 2.56. The van der Waals surface area contributed by atoms with Crippen molar-refractivity contribution in [3.05, 3.63) is 11.9 Å². The highest BCUT2D eigenvalue weighted by atomic mass is 15.2. The average molecular weight is 208 g/mol. The summed E-state index contributed by atoms with van der Waals surface area (Å²) in [6.07, 6.45) is 3.90. The Labute approximate surface area is 91.5 Å². The van der Waals surface area contributed by atoms with Gasteiger partial charge in [0.2, 0.25) is 0 Å². The van der Waals surface area contributed by atoms with Crippen molar-refractivity contribution < 1.29 is 0 Å². The van der Waals surface area contributed by atoms with Gasteiger partial charge in [-0.2, -0.15) is 0 Å². The molecule has 0 unspecified atom stereocenters. The molecule has 1 rings (SSSR count). The maximum atomic E-state index is 5.76. The highest BCUT2D eigenvalue weighted by Crippen LogP contribution is 2.19. The van der Waals surface area contributed by atoms with Crippen molar-refractivity contribution in [3.63, 3.8) is 0 Å². The van der Waals surface area contributed by atoms with Gasteiger partial charge in [0.15, 0.2) is 0 Å². The van der Waals surface area contributed by atoms with Crippen molar-refractivity contribution in [1.82, 2.24) is 9.97 Å². The number of nitrogens with two attached hydrogens (primary N) is 1. The Bertz CT molecular complexity index is 311. The van der Waals surface area contributed by atoms with Gasteiger partial charge < -0.3 is 10.6 Å². The summed E-state index contributed by atoms with van der Waals surface area (Å²) in [7, 11) is 0. The molecule has 0 spiro atoms. The highest BCUT2D eigenvalue weighted by molar-refractivity contribution is 5.55. The molecule has 0 bridgehead atoms. The molecule has 0 atom stereocenters. The summed E-state index contributed by atoms with van der Waals surface area (Å²) in [5.74, 6) is 1.55. The predicted molar refractivity (Wildman–Crippen MR) is 64.0 cm³/mol. The number of nitrogen functional groups attached to an aromatic ring is 1. The lowest BCUT2D eigenvalue weighted by atomic mass is 10.2. The lowest BCUT2D eigenvalue weighted by molar-refractivity contribution is 0.721. The normalized spacial score (nSPS) is 10.3. The number of aromatic nitrogens is 2. The van der Waals surface area contributed by atoms with E-state index in [1.54, 1.807) is 0 Å². The summed E-state index contributed by atoms with van der Waals surface area (Å²) >= 11 is 0. The van der Waals surface area contributed by atoms with Crippen molar-refractivity contribution in [1.29, 1.82) is 0 Å². The van der Waals surface area contributed by atoms with Crippen LogP contribution in [0.4, 0.5) is 11.6 Å². The molecule has 0 amide bonds. The van der Waals surface area contributed by atoms with Gasteiger partial charge in [0.05, 0.1) is 0 Å². The van der Waals surface area contributed by atoms with Gasteiger partial charge in [-0.15, -0.1) is 0 Å². The van der Waals surface area contributed by atoms with E-state index < -0.39 is 0 Å². The summed E-state index contributed by atoms with van der Waals surface area (Å²) in [6, 6.07) is 0. The number of rotatable bonds is 5. The largest absolute Gasteiger partial charge is 0.383 e. The first kappa shape index (κ1) is 11.8. The van der Waals surface area contributed by atoms with Crippen LogP contribution in [0.5, 0.6) is 0 Å². The van der Waals surface area contributed by atoms with E-state index in [0.29, 0.717) is 5.82 Å². The van der Waals surface area contributed by atoms with Crippen LogP contribution in [0.2, 0.25) is 0 Å². The second-order valence-electron chi connectivity index (χ2n) is 3.64. The number of nitrogens with zero attached hydrogens (tertiary/aromatic N) is 3. The molecule has 2 N–H and O–H groups in total. The fraction of sp³-hybridized carbons (Fsp3) is 0.636. The Kier molecular flexibility index (Phi) is 4.34. The van der Waals surface area contributed by atoms with Crippen LogP contribution in [0.15, 0.2) is 6.33 Å². The molecule has 84 valence electrons. The van der Waals surface area contributed by atoms with Crippen LogP contribution in [0.25, 0.3) is 0 Å². The van der Waals surface area contributed by atoms with E-state index in [1.807, 2.05) is 6.92 Å². The second-order valence-corrected chi connectivity index (χ2v) is 3.64. The fourth-order valence-corrected chi connectivity index (χ4v) is 1.54. The van der Waals surface area contributed by atoms with Crippen LogP contribution >= 0.6 is 0 Å². The van der Waals surface area contributed by atoms with Crippen LogP contribution in [-0.2, 0) is 0 Å². The Morgan fingerprint density at radius 2 is 2.07 bits per heavy atom. The smallest absolute Gasteiger partial charge is 0.137 e. The maximum Gasteiger partial charge on any atom is 0.137 e. The minimum absolute atomic E-state index is 0.579. The summed E-state index contributed by atoms with van der Waals surface area (Å²) in [4.78, 5) is 10.5. The molecule has 1 heterocycles. The quantitative estimate of drug-likeness (QED) is 0.804. The van der Waals surface area contributed by atoms with E-state index in [4.69, 9.17) is 5.73 Å². The van der Waals surface area contributed by atoms with Crippen molar-refractivity contribution in [3.8, 4) is 0 Å². The van der Waals surface area contributed by atoms with Gasteiger partial charge in [-0.05, 0) is 20.3 Å². The Hall–Kier alpha value is -1.32. The number of anilines is 2. The molecular formula is C11H20N4. The maximum absolute atomic E-state index is 5.76. The molecular weight excluding hydrogens is 188 g/mol. The van der Waals surface area contributed by atoms with Gasteiger partial charge in [-0.25, -0.2) is 9.97 Å². The zero-order valence-electron chi connectivity index (χ0n) is 9.82. The van der Waals surface area contributed by atoms with Gasteiger partial charge >= 0.3 is 0 Å². The highest BCUT2D eigenvalue weighted by Gasteiger charge is 2.10. The monoisotopic (exact) mass is 208 g/mol. The molecule has 15 heavy (non-hydrogen) atoms. The zero-order valence-corrected chi connectivity index (χ0v) is 9.82. The van der Waals surface area contributed by atoms with E-state index in [-0.39, 0.29) is 0 Å². The number of unbranched alkanes of at least 4 members (excludes halogenated alkanes) is 1. The fourth-order valence-electron chi connectivity index (χ4n) is 1.54. The Morgan fingerprint density at radius 1 is 1.33 bits per heavy atom. The van der Waals surface area contributed by atoms with Gasteiger partial charge in [0.25, 0.3) is 0 Å². The molecule has 1 aromatic heterocycles. The Balaban J connectivity index is 2.86. The average Bonchev–Trinajstić information content (AvgIpc) is 2.25. The van der Waals surface area contributed by atoms with Gasteiger partial charge in [-0.1, -0.05) is 13.3 Å². The van der Waals surface area contributed by atoms with Crippen LogP contribution in [0.3, 0.4) is 0 Å². The Morgan fingerprint density at radius 3 is 2.67 bits per heavy atom. The van der Waals surface area contributed by atoms with E-state index >= 15 is 0 Å². The summed E-state index contributed by atoms with van der Waals surface area (Å²) in [6.45, 7) is 8.28. The standard InChI is InChI=1S/C11H20N4/c1-4-6-7-15(5-2)11-9(3)10(12)13-8-14-11/h8H,4-7H2,1-3H3,(H2,12,13,14). The van der Waals surface area contributed by atoms with Crippen LogP contribution in [0, 0.1) is 6.92 Å². The molecule has 0 radical (unpaired) electrons. The SMILES string of the molecule is CCCCN(CC)c1ncnc(N)c1C. The number of hydrogen-bond acceptors (Lipinski definition) is 4. The van der Waals surface area contributed by atoms with Gasteiger partial charge in [-0.3, -0.25) is 0 Å². The van der Waals surface area contributed by atoms with Crippen molar-refractivity contribution in [2.75, 3.05) is 23.7 Å². The van der Waals surface area contributed by atoms with E-state index in [9.17, 15) is 0 Å². The first-order chi connectivity index (χ1) is 7.20. The van der Waals surface area contributed by atoms with E-state index in [2.05, 4.69) is 28.7 Å². The lowest BCUT2D eigenvalue weighted by Crippen LogP contribution is -2.26. The first-order valence-electron chi connectivity index (χ1n) is 5.52. The minimum Gasteiger partial charge on any atom is -0.383 e. The van der Waals surface area contributed by atoms with E-state index in [0.717, 1.165) is 24.5 Å². The molecule has 0 fully saturated rings. The molecule has 1 aromatic rings. The topological polar surface area (TPSA) is 55.0 Å². The summed E-state index contributed by atoms with van der Waals surface area (Å²) < 4.78 is 0. The summed E-state index contributed by atoms with van der Waals surface area (Å²) in [5, 5.41) is 0. The predicted octanol–water partition coefficient (Wildman–Crippen LogP) is 1.99. The van der Waals surface area contributed by atoms with Crippen LogP contribution < -0.4 is 10.6 Å². The van der Waals surface area contributed by atoms with Crippen molar-refractivity contribution in [2.45, 2.75) is 33.6 Å². The summed E-state index contributed by atoms with van der Waals surface area (Å²) in [5.41, 5.74) is 6.75. The number of hydrogen-bond donors (Lipinski definition) is 1. The molecule has 0 saturated carbocycles. The molecule has 0 aromatic carbocycles. The zero-order chi connectivity index (χ0) is 11.3. The third-order valence-corrected chi connectivity index (χ3v) is 2.56. The van der Waals surface area contributed by atoms with Crippen LogP contribution in [0.1, 0.15) is 32.3 Å². The second kappa shape index (κ2) is 5.53. The molecule has 0 aliphatic rings. The van der Waals surface area contributed by atoms with Gasteiger partial charge in [0.1, 0.15) is 18.0 Å². The molecule has 4 heteroatoms. The first-order valence-corrected chi connectivity index (χ1v) is 5.52. The molecule has 4 nitrogen and oxygen atoms in total. The molecule has 0 saturated heterocycles. The van der Waals surface area contributed by atoms with Crippen LogP contribution in [-0.4, -0.2) is 23.1 Å². The minimum atomic E-state index is 0.579. The molecule has 0 aliphatic heterocycles. The van der Waals surface area contributed by atoms with E-state index in [1.165, 1.54) is 19.2 Å². The third kappa shape index (κ3) is 2.81.